The van der Waals surface area contributed by atoms with Crippen LogP contribution in [0.25, 0.3) is 0 Å². The maximum atomic E-state index is 13.4. The summed E-state index contributed by atoms with van der Waals surface area (Å²) in [6.07, 6.45) is 0. The van der Waals surface area contributed by atoms with Crippen LogP contribution >= 0.6 is 0 Å². The Labute approximate surface area is 199 Å². The molecule has 0 aliphatic carbocycles. The number of amides is 3. The van der Waals surface area contributed by atoms with E-state index in [1.807, 2.05) is 44.2 Å². The summed E-state index contributed by atoms with van der Waals surface area (Å²) in [6, 6.07) is 16.7. The number of aryl methyl sites for hydroxylation is 2. The SMILES string of the molecule is COCCN(CC(=O)N(Cc1ccc(F)cc1)Cc1ccc(C)o1)C(=O)Nc1cccc(C)c1. The summed E-state index contributed by atoms with van der Waals surface area (Å²) in [7, 11) is 1.54. The van der Waals surface area contributed by atoms with Crippen molar-refractivity contribution in [2.75, 3.05) is 32.1 Å². The number of furan rings is 1. The molecule has 0 aliphatic heterocycles. The summed E-state index contributed by atoms with van der Waals surface area (Å²) < 4.78 is 24.2. The zero-order valence-corrected chi connectivity index (χ0v) is 19.7. The standard InChI is InChI=1S/C26H30FN3O4/c1-19-5-4-6-23(15-19)28-26(32)29(13-14-33-3)18-25(31)30(17-24-12-7-20(2)34-24)16-21-8-10-22(27)11-9-21/h4-12,15H,13-14,16-18H2,1-3H3,(H,28,32). The van der Waals surface area contributed by atoms with Crippen LogP contribution in [0.15, 0.2) is 65.1 Å². The maximum absolute atomic E-state index is 13.4. The van der Waals surface area contributed by atoms with E-state index in [-0.39, 0.29) is 44.5 Å². The second-order valence-electron chi connectivity index (χ2n) is 8.10. The van der Waals surface area contributed by atoms with Crippen LogP contribution in [0.1, 0.15) is 22.6 Å². The second kappa shape index (κ2) is 12.0. The molecule has 3 aromatic rings. The first kappa shape index (κ1) is 25.0. The topological polar surface area (TPSA) is 75.0 Å². The fourth-order valence-corrected chi connectivity index (χ4v) is 3.44. The van der Waals surface area contributed by atoms with Gasteiger partial charge in [0, 0.05) is 25.9 Å². The summed E-state index contributed by atoms with van der Waals surface area (Å²) in [5.41, 5.74) is 2.43. The van der Waals surface area contributed by atoms with Gasteiger partial charge in [-0.25, -0.2) is 9.18 Å². The summed E-state index contributed by atoms with van der Waals surface area (Å²) in [6.45, 7) is 4.61. The number of urea groups is 1. The molecule has 0 radical (unpaired) electrons. The van der Waals surface area contributed by atoms with Crippen molar-refractivity contribution in [3.63, 3.8) is 0 Å². The third kappa shape index (κ3) is 7.45. The zero-order valence-electron chi connectivity index (χ0n) is 19.7. The van der Waals surface area contributed by atoms with Gasteiger partial charge in [-0.05, 0) is 61.4 Å². The molecule has 3 rings (SSSR count). The predicted molar refractivity (Wildman–Crippen MR) is 128 cm³/mol. The average molecular weight is 468 g/mol. The number of rotatable bonds is 10. The Kier molecular flexibility index (Phi) is 8.81. The number of nitrogens with zero attached hydrogens (tertiary/aromatic N) is 2. The van der Waals surface area contributed by atoms with E-state index in [1.54, 1.807) is 30.2 Å². The van der Waals surface area contributed by atoms with Crippen LogP contribution in [0.5, 0.6) is 0 Å². The van der Waals surface area contributed by atoms with Gasteiger partial charge in [0.05, 0.1) is 13.2 Å². The van der Waals surface area contributed by atoms with Crippen molar-refractivity contribution >= 4 is 17.6 Å². The van der Waals surface area contributed by atoms with Crippen molar-refractivity contribution in [1.82, 2.24) is 9.80 Å². The summed E-state index contributed by atoms with van der Waals surface area (Å²) >= 11 is 0. The highest BCUT2D eigenvalue weighted by molar-refractivity contribution is 5.92. The molecule has 0 aliphatic rings. The van der Waals surface area contributed by atoms with Crippen LogP contribution in [0.4, 0.5) is 14.9 Å². The quantitative estimate of drug-likeness (QED) is 0.467. The first-order chi connectivity index (χ1) is 16.3. The number of halogens is 1. The molecule has 0 atom stereocenters. The van der Waals surface area contributed by atoms with Crippen LogP contribution in [0.3, 0.4) is 0 Å². The smallest absolute Gasteiger partial charge is 0.322 e. The van der Waals surface area contributed by atoms with Gasteiger partial charge in [-0.2, -0.15) is 0 Å². The highest BCUT2D eigenvalue weighted by Crippen LogP contribution is 2.15. The Bertz CT molecular complexity index is 1100. The number of ether oxygens (including phenoxy) is 1. The summed E-state index contributed by atoms with van der Waals surface area (Å²) in [5.74, 6) is 0.750. The fourth-order valence-electron chi connectivity index (χ4n) is 3.44. The Morgan fingerprint density at radius 3 is 2.41 bits per heavy atom. The second-order valence-corrected chi connectivity index (χ2v) is 8.10. The Balaban J connectivity index is 1.76. The van der Waals surface area contributed by atoms with Gasteiger partial charge in [-0.1, -0.05) is 24.3 Å². The van der Waals surface area contributed by atoms with Gasteiger partial charge in [0.2, 0.25) is 5.91 Å². The van der Waals surface area contributed by atoms with Gasteiger partial charge in [-0.15, -0.1) is 0 Å². The lowest BCUT2D eigenvalue weighted by molar-refractivity contribution is -0.133. The number of anilines is 1. The molecule has 0 spiro atoms. The Morgan fingerprint density at radius 1 is 1.00 bits per heavy atom. The molecule has 7 nitrogen and oxygen atoms in total. The van der Waals surface area contributed by atoms with E-state index < -0.39 is 6.03 Å². The lowest BCUT2D eigenvalue weighted by Gasteiger charge is -2.27. The van der Waals surface area contributed by atoms with Crippen molar-refractivity contribution in [3.8, 4) is 0 Å². The molecule has 0 bridgehead atoms. The predicted octanol–water partition coefficient (Wildman–Crippen LogP) is 4.74. The molecular weight excluding hydrogens is 437 g/mol. The van der Waals surface area contributed by atoms with Crippen LogP contribution < -0.4 is 5.32 Å². The number of carbonyl (C=O) groups excluding carboxylic acids is 2. The van der Waals surface area contributed by atoms with Crippen LogP contribution in [-0.4, -0.2) is 48.5 Å². The maximum Gasteiger partial charge on any atom is 0.322 e. The normalized spacial score (nSPS) is 10.7. The summed E-state index contributed by atoms with van der Waals surface area (Å²) in [4.78, 5) is 29.3. The Morgan fingerprint density at radius 2 is 1.76 bits per heavy atom. The number of hydrogen-bond acceptors (Lipinski definition) is 4. The average Bonchev–Trinajstić information content (AvgIpc) is 3.22. The van der Waals surface area contributed by atoms with Crippen molar-refractivity contribution in [1.29, 1.82) is 0 Å². The van der Waals surface area contributed by atoms with Gasteiger partial charge in [0.1, 0.15) is 23.9 Å². The van der Waals surface area contributed by atoms with Crippen molar-refractivity contribution in [2.45, 2.75) is 26.9 Å². The molecule has 0 saturated carbocycles. The molecule has 1 N–H and O–H groups in total. The first-order valence-corrected chi connectivity index (χ1v) is 11.0. The van der Waals surface area contributed by atoms with Crippen LogP contribution in [0.2, 0.25) is 0 Å². The number of methoxy groups -OCH3 is 1. The van der Waals surface area contributed by atoms with E-state index in [0.29, 0.717) is 11.4 Å². The minimum atomic E-state index is -0.397. The molecule has 1 heterocycles. The minimum absolute atomic E-state index is 0.151. The molecule has 2 aromatic carbocycles. The van der Waals surface area contributed by atoms with Crippen LogP contribution in [0, 0.1) is 19.7 Å². The van der Waals surface area contributed by atoms with Gasteiger partial charge < -0.3 is 24.3 Å². The molecule has 3 amide bonds. The lowest BCUT2D eigenvalue weighted by atomic mass is 10.2. The highest BCUT2D eigenvalue weighted by Gasteiger charge is 2.23. The first-order valence-electron chi connectivity index (χ1n) is 11.0. The van der Waals surface area contributed by atoms with E-state index in [1.165, 1.54) is 17.0 Å². The van der Waals surface area contributed by atoms with E-state index in [4.69, 9.17) is 9.15 Å². The largest absolute Gasteiger partial charge is 0.464 e. The molecule has 34 heavy (non-hydrogen) atoms. The molecule has 0 unspecified atom stereocenters. The van der Waals surface area contributed by atoms with Gasteiger partial charge in [0.15, 0.2) is 0 Å². The van der Waals surface area contributed by atoms with E-state index in [0.717, 1.165) is 16.9 Å². The third-order valence-corrected chi connectivity index (χ3v) is 5.23. The number of benzene rings is 2. The molecule has 0 fully saturated rings. The molecule has 1 aromatic heterocycles. The van der Waals surface area contributed by atoms with E-state index >= 15 is 0 Å². The highest BCUT2D eigenvalue weighted by atomic mass is 19.1. The zero-order chi connectivity index (χ0) is 24.5. The van der Waals surface area contributed by atoms with Crippen molar-refractivity contribution in [3.05, 3.63) is 89.1 Å². The number of carbonyl (C=O) groups is 2. The monoisotopic (exact) mass is 467 g/mol. The van der Waals surface area contributed by atoms with E-state index in [9.17, 15) is 14.0 Å². The van der Waals surface area contributed by atoms with Crippen LogP contribution in [-0.2, 0) is 22.6 Å². The van der Waals surface area contributed by atoms with Gasteiger partial charge in [0.25, 0.3) is 0 Å². The minimum Gasteiger partial charge on any atom is -0.464 e. The van der Waals surface area contributed by atoms with Crippen molar-refractivity contribution < 1.29 is 23.1 Å². The molecule has 180 valence electrons. The van der Waals surface area contributed by atoms with Crippen molar-refractivity contribution in [2.24, 2.45) is 0 Å². The Hall–Kier alpha value is -3.65. The van der Waals surface area contributed by atoms with E-state index in [2.05, 4.69) is 5.32 Å². The molecular formula is C26H30FN3O4. The third-order valence-electron chi connectivity index (χ3n) is 5.23. The molecule has 0 saturated heterocycles. The fraction of sp³-hybridized carbons (Fsp3) is 0.308. The number of hydrogen-bond donors (Lipinski definition) is 1. The lowest BCUT2D eigenvalue weighted by Crippen LogP contribution is -2.45. The summed E-state index contributed by atoms with van der Waals surface area (Å²) in [5, 5.41) is 2.85. The van der Waals surface area contributed by atoms with Gasteiger partial charge >= 0.3 is 6.03 Å². The molecule has 8 heteroatoms. The number of nitrogens with one attached hydrogen (secondary N) is 1. The van der Waals surface area contributed by atoms with Gasteiger partial charge in [-0.3, -0.25) is 4.79 Å².